The number of carbonyl (C=O) groups is 2. The van der Waals surface area contributed by atoms with E-state index >= 15 is 0 Å². The zero-order valence-electron chi connectivity index (χ0n) is 16.3. The average molecular weight is 412 g/mol. The number of halogens is 1. The highest BCUT2D eigenvalue weighted by Gasteiger charge is 2.46. The Morgan fingerprint density at radius 3 is 2.45 bits per heavy atom. The van der Waals surface area contributed by atoms with Gasteiger partial charge in [-0.1, -0.05) is 17.8 Å². The SMILES string of the molecule is Cc1cc(C)cc(N=C2S[C@H](CC(=O)Nc3ccc(F)cc3)C(=O)N2C2CC2)c1. The molecule has 4 rings (SSSR count). The highest BCUT2D eigenvalue weighted by Crippen LogP contribution is 2.39. The Hall–Kier alpha value is -2.67. The van der Waals surface area contributed by atoms with E-state index in [4.69, 9.17) is 4.99 Å². The zero-order valence-corrected chi connectivity index (χ0v) is 17.1. The fraction of sp³-hybridized carbons (Fsp3) is 0.318. The van der Waals surface area contributed by atoms with Crippen LogP contribution in [0.4, 0.5) is 15.8 Å². The van der Waals surface area contributed by atoms with Gasteiger partial charge in [0, 0.05) is 18.2 Å². The maximum absolute atomic E-state index is 13.0. The van der Waals surface area contributed by atoms with E-state index in [9.17, 15) is 14.0 Å². The number of carbonyl (C=O) groups excluding carboxylic acids is 2. The van der Waals surface area contributed by atoms with Crippen molar-refractivity contribution < 1.29 is 14.0 Å². The molecule has 0 radical (unpaired) electrons. The van der Waals surface area contributed by atoms with Gasteiger partial charge < -0.3 is 5.32 Å². The van der Waals surface area contributed by atoms with Crippen LogP contribution in [0.3, 0.4) is 0 Å². The fourth-order valence-corrected chi connectivity index (χ4v) is 4.62. The number of thioether (sulfide) groups is 1. The van der Waals surface area contributed by atoms with Crippen molar-refractivity contribution in [2.24, 2.45) is 4.99 Å². The van der Waals surface area contributed by atoms with Gasteiger partial charge in [0.25, 0.3) is 0 Å². The molecule has 2 amide bonds. The van der Waals surface area contributed by atoms with Crippen LogP contribution in [0.2, 0.25) is 0 Å². The first-order valence-corrected chi connectivity index (χ1v) is 10.5. The molecule has 2 aliphatic rings. The van der Waals surface area contributed by atoms with E-state index in [1.165, 1.54) is 36.0 Å². The van der Waals surface area contributed by atoms with E-state index in [1.807, 2.05) is 26.0 Å². The number of benzene rings is 2. The molecule has 0 spiro atoms. The summed E-state index contributed by atoms with van der Waals surface area (Å²) in [6.07, 6.45) is 1.98. The van der Waals surface area contributed by atoms with Gasteiger partial charge in [0.05, 0.1) is 5.69 Å². The molecule has 2 aromatic carbocycles. The van der Waals surface area contributed by atoms with Gasteiger partial charge in [-0.15, -0.1) is 0 Å². The fourth-order valence-electron chi connectivity index (χ4n) is 3.40. The topological polar surface area (TPSA) is 61.8 Å². The Kier molecular flexibility index (Phi) is 5.41. The Morgan fingerprint density at radius 1 is 1.17 bits per heavy atom. The summed E-state index contributed by atoms with van der Waals surface area (Å²) < 4.78 is 13.0. The molecule has 5 nitrogen and oxygen atoms in total. The molecule has 29 heavy (non-hydrogen) atoms. The molecule has 1 aliphatic heterocycles. The number of hydrogen-bond acceptors (Lipinski definition) is 4. The molecule has 1 atom stereocenters. The Labute approximate surface area is 173 Å². The predicted molar refractivity (Wildman–Crippen MR) is 114 cm³/mol. The molecule has 2 aromatic rings. The van der Waals surface area contributed by atoms with Crippen LogP contribution in [0.5, 0.6) is 0 Å². The standard InChI is InChI=1S/C22H22FN3O2S/c1-13-9-14(2)11-17(10-13)25-22-26(18-7-8-18)21(28)19(29-22)12-20(27)24-16-5-3-15(23)4-6-16/h3-6,9-11,18-19H,7-8,12H2,1-2H3,(H,24,27)/t19-/m1/s1. The van der Waals surface area contributed by atoms with Gasteiger partial charge >= 0.3 is 0 Å². The van der Waals surface area contributed by atoms with E-state index in [0.717, 1.165) is 29.7 Å². The second kappa shape index (κ2) is 7.99. The van der Waals surface area contributed by atoms with E-state index < -0.39 is 5.25 Å². The average Bonchev–Trinajstić information content (AvgIpc) is 3.42. The van der Waals surface area contributed by atoms with Crippen molar-refractivity contribution >= 4 is 40.1 Å². The van der Waals surface area contributed by atoms with Crippen LogP contribution >= 0.6 is 11.8 Å². The number of aryl methyl sites for hydroxylation is 2. The number of hydrogen-bond donors (Lipinski definition) is 1. The summed E-state index contributed by atoms with van der Waals surface area (Å²) in [4.78, 5) is 31.9. The first kappa shape index (κ1) is 19.6. The Morgan fingerprint density at radius 2 is 1.83 bits per heavy atom. The minimum atomic E-state index is -0.499. The number of amidine groups is 1. The minimum Gasteiger partial charge on any atom is -0.326 e. The molecule has 0 unspecified atom stereocenters. The lowest BCUT2D eigenvalue weighted by molar-refractivity contribution is -0.128. The highest BCUT2D eigenvalue weighted by molar-refractivity contribution is 8.15. The van der Waals surface area contributed by atoms with E-state index in [1.54, 1.807) is 4.90 Å². The van der Waals surface area contributed by atoms with Crippen LogP contribution < -0.4 is 5.32 Å². The van der Waals surface area contributed by atoms with Crippen molar-refractivity contribution in [3.63, 3.8) is 0 Å². The summed E-state index contributed by atoms with van der Waals surface area (Å²) in [7, 11) is 0. The van der Waals surface area contributed by atoms with Gasteiger partial charge in [-0.2, -0.15) is 0 Å². The molecule has 1 saturated carbocycles. The molecule has 1 heterocycles. The predicted octanol–water partition coefficient (Wildman–Crippen LogP) is 4.57. The van der Waals surface area contributed by atoms with Crippen LogP contribution in [0.25, 0.3) is 0 Å². The number of nitrogens with one attached hydrogen (secondary N) is 1. The molecule has 1 saturated heterocycles. The summed E-state index contributed by atoms with van der Waals surface area (Å²) in [6, 6.07) is 11.8. The molecule has 0 aromatic heterocycles. The molecule has 0 bridgehead atoms. The number of rotatable bonds is 5. The number of anilines is 1. The second-order valence-electron chi connectivity index (χ2n) is 7.55. The van der Waals surface area contributed by atoms with Gasteiger partial charge in [-0.3, -0.25) is 14.5 Å². The Bertz CT molecular complexity index is 966. The number of amides is 2. The van der Waals surface area contributed by atoms with Crippen LogP contribution in [-0.2, 0) is 9.59 Å². The third-order valence-electron chi connectivity index (χ3n) is 4.81. The maximum Gasteiger partial charge on any atom is 0.242 e. The summed E-state index contributed by atoms with van der Waals surface area (Å²) >= 11 is 1.35. The number of nitrogens with zero attached hydrogens (tertiary/aromatic N) is 2. The van der Waals surface area contributed by atoms with Crippen molar-refractivity contribution in [3.05, 3.63) is 59.4 Å². The van der Waals surface area contributed by atoms with E-state index in [2.05, 4.69) is 11.4 Å². The molecule has 7 heteroatoms. The molecular weight excluding hydrogens is 389 g/mol. The van der Waals surface area contributed by atoms with Crippen LogP contribution in [0, 0.1) is 19.7 Å². The first-order valence-electron chi connectivity index (χ1n) is 9.61. The first-order chi connectivity index (χ1) is 13.9. The van der Waals surface area contributed by atoms with Crippen LogP contribution in [0.1, 0.15) is 30.4 Å². The van der Waals surface area contributed by atoms with Crippen molar-refractivity contribution in [1.82, 2.24) is 4.90 Å². The van der Waals surface area contributed by atoms with Gasteiger partial charge in [-0.05, 0) is 74.2 Å². The molecule has 2 fully saturated rings. The molecule has 150 valence electrons. The second-order valence-corrected chi connectivity index (χ2v) is 8.72. The van der Waals surface area contributed by atoms with E-state index in [-0.39, 0.29) is 30.1 Å². The van der Waals surface area contributed by atoms with Crippen molar-refractivity contribution in [2.75, 3.05) is 5.32 Å². The summed E-state index contributed by atoms with van der Waals surface area (Å²) in [5.74, 6) is -0.697. The highest BCUT2D eigenvalue weighted by atomic mass is 32.2. The smallest absolute Gasteiger partial charge is 0.242 e. The van der Waals surface area contributed by atoms with E-state index in [0.29, 0.717) is 10.9 Å². The van der Waals surface area contributed by atoms with Crippen LogP contribution in [-0.4, -0.2) is 33.2 Å². The molecular formula is C22H22FN3O2S. The largest absolute Gasteiger partial charge is 0.326 e. The van der Waals surface area contributed by atoms with Crippen molar-refractivity contribution in [3.8, 4) is 0 Å². The van der Waals surface area contributed by atoms with Gasteiger partial charge in [0.1, 0.15) is 11.1 Å². The lowest BCUT2D eigenvalue weighted by Crippen LogP contribution is -2.35. The van der Waals surface area contributed by atoms with Gasteiger partial charge in [-0.25, -0.2) is 9.38 Å². The monoisotopic (exact) mass is 411 g/mol. The molecule has 1 aliphatic carbocycles. The van der Waals surface area contributed by atoms with Crippen molar-refractivity contribution in [1.29, 1.82) is 0 Å². The summed E-state index contributed by atoms with van der Waals surface area (Å²) in [5, 5.41) is 2.90. The summed E-state index contributed by atoms with van der Waals surface area (Å²) in [5.41, 5.74) is 3.56. The normalized spacial score (nSPS) is 20.4. The summed E-state index contributed by atoms with van der Waals surface area (Å²) in [6.45, 7) is 4.04. The zero-order chi connectivity index (χ0) is 20.5. The van der Waals surface area contributed by atoms with Gasteiger partial charge in [0.15, 0.2) is 5.17 Å². The quantitative estimate of drug-likeness (QED) is 0.784. The maximum atomic E-state index is 13.0. The van der Waals surface area contributed by atoms with Gasteiger partial charge in [0.2, 0.25) is 11.8 Å². The number of aliphatic imine (C=N–C) groups is 1. The third-order valence-corrected chi connectivity index (χ3v) is 5.96. The lowest BCUT2D eigenvalue weighted by atomic mass is 10.1. The van der Waals surface area contributed by atoms with Crippen molar-refractivity contribution in [2.45, 2.75) is 44.4 Å². The minimum absolute atomic E-state index is 0.0515. The van der Waals surface area contributed by atoms with Crippen LogP contribution in [0.15, 0.2) is 47.5 Å². The third kappa shape index (κ3) is 4.67. The lowest BCUT2D eigenvalue weighted by Gasteiger charge is -2.15. The Balaban J connectivity index is 1.50. The molecule has 1 N–H and O–H groups in total.